The summed E-state index contributed by atoms with van der Waals surface area (Å²) in [6.07, 6.45) is 5.14. The van der Waals surface area contributed by atoms with Crippen molar-refractivity contribution < 1.29 is 0 Å². The molecule has 0 amide bonds. The highest BCUT2D eigenvalue weighted by Gasteiger charge is 2.14. The summed E-state index contributed by atoms with van der Waals surface area (Å²) in [4.78, 5) is 2.62. The van der Waals surface area contributed by atoms with Gasteiger partial charge in [0.1, 0.15) is 0 Å². The van der Waals surface area contributed by atoms with E-state index < -0.39 is 0 Å². The van der Waals surface area contributed by atoms with Gasteiger partial charge in [-0.05, 0) is 52.8 Å². The van der Waals surface area contributed by atoms with Gasteiger partial charge in [0.05, 0.1) is 0 Å². The van der Waals surface area contributed by atoms with E-state index in [-0.39, 0.29) is 0 Å². The summed E-state index contributed by atoms with van der Waals surface area (Å²) in [7, 11) is 2.07. The van der Waals surface area contributed by atoms with Crippen molar-refractivity contribution in [2.75, 3.05) is 20.1 Å². The molecule has 0 heterocycles. The summed E-state index contributed by atoms with van der Waals surface area (Å²) in [5.41, 5.74) is 2.73. The summed E-state index contributed by atoms with van der Waals surface area (Å²) in [5.74, 6) is 0. The molecule has 2 heteroatoms. The van der Waals surface area contributed by atoms with Crippen molar-refractivity contribution in [3.05, 3.63) is 35.4 Å². The molecule has 0 radical (unpaired) electrons. The molecule has 2 nitrogen and oxygen atoms in total. The van der Waals surface area contributed by atoms with Crippen LogP contribution in [-0.4, -0.2) is 31.1 Å². The normalized spacial score (nSPS) is 13.1. The molecule has 1 aromatic rings. The Labute approximate surface area is 131 Å². The van der Waals surface area contributed by atoms with Crippen molar-refractivity contribution in [3.63, 3.8) is 0 Å². The number of hydrogen-bond donors (Lipinski definition) is 1. The highest BCUT2D eigenvalue weighted by molar-refractivity contribution is 5.24. The zero-order valence-corrected chi connectivity index (χ0v) is 14.7. The smallest absolute Gasteiger partial charge is 0.0329 e. The van der Waals surface area contributed by atoms with Crippen LogP contribution in [-0.2, 0) is 0 Å². The fourth-order valence-electron chi connectivity index (χ4n) is 2.76. The number of nitrogens with zero attached hydrogens (tertiary/aromatic N) is 1. The van der Waals surface area contributed by atoms with E-state index in [0.717, 1.165) is 0 Å². The van der Waals surface area contributed by atoms with Crippen molar-refractivity contribution in [2.45, 2.75) is 65.5 Å². The van der Waals surface area contributed by atoms with Gasteiger partial charge in [0.2, 0.25) is 0 Å². The van der Waals surface area contributed by atoms with Crippen LogP contribution >= 0.6 is 0 Å². The Bertz CT molecular complexity index is 370. The van der Waals surface area contributed by atoms with Gasteiger partial charge in [-0.25, -0.2) is 0 Å². The predicted molar refractivity (Wildman–Crippen MR) is 93.8 cm³/mol. The van der Waals surface area contributed by atoms with Crippen LogP contribution in [0.1, 0.15) is 63.6 Å². The number of hydrogen-bond acceptors (Lipinski definition) is 2. The summed E-state index contributed by atoms with van der Waals surface area (Å²) in [5, 5.41) is 3.47. The number of aryl methyl sites for hydroxylation is 1. The van der Waals surface area contributed by atoms with Gasteiger partial charge in [-0.15, -0.1) is 0 Å². The minimum absolute atomic E-state index is 0.457. The van der Waals surface area contributed by atoms with Crippen molar-refractivity contribution in [1.29, 1.82) is 0 Å². The number of benzene rings is 1. The van der Waals surface area contributed by atoms with E-state index in [9.17, 15) is 0 Å². The first kappa shape index (κ1) is 18.2. The highest BCUT2D eigenvalue weighted by Crippen LogP contribution is 2.18. The first-order valence-corrected chi connectivity index (χ1v) is 8.56. The van der Waals surface area contributed by atoms with Crippen molar-refractivity contribution in [2.24, 2.45) is 0 Å². The largest absolute Gasteiger partial charge is 0.313 e. The molecule has 1 aromatic carbocycles. The standard InChI is InChI=1S/C19H34N2/c1-6-7-8-14-21(16(2)3)15-13-19(20-5)18-11-9-17(4)10-12-18/h9-12,16,19-20H,6-8,13-15H2,1-5H3. The zero-order chi connectivity index (χ0) is 15.7. The Morgan fingerprint density at radius 2 is 1.71 bits per heavy atom. The monoisotopic (exact) mass is 290 g/mol. The third kappa shape index (κ3) is 6.62. The second kappa shape index (κ2) is 9.97. The molecule has 1 unspecified atom stereocenters. The minimum Gasteiger partial charge on any atom is -0.313 e. The molecule has 1 atom stereocenters. The van der Waals surface area contributed by atoms with E-state index in [1.54, 1.807) is 0 Å². The van der Waals surface area contributed by atoms with Crippen LogP contribution in [0.3, 0.4) is 0 Å². The lowest BCUT2D eigenvalue weighted by molar-refractivity contribution is 0.206. The van der Waals surface area contributed by atoms with Crippen LogP contribution in [0.4, 0.5) is 0 Å². The molecule has 0 aliphatic heterocycles. The van der Waals surface area contributed by atoms with Crippen LogP contribution in [0.2, 0.25) is 0 Å². The van der Waals surface area contributed by atoms with Crippen molar-refractivity contribution in [3.8, 4) is 0 Å². The molecule has 21 heavy (non-hydrogen) atoms. The molecule has 120 valence electrons. The molecular formula is C19H34N2. The van der Waals surface area contributed by atoms with E-state index in [1.165, 1.54) is 49.9 Å². The molecule has 0 saturated carbocycles. The maximum atomic E-state index is 3.47. The summed E-state index contributed by atoms with van der Waals surface area (Å²) in [6.45, 7) is 11.4. The molecule has 0 bridgehead atoms. The molecule has 1 rings (SSSR count). The molecule has 0 aliphatic carbocycles. The third-order valence-electron chi connectivity index (χ3n) is 4.31. The summed E-state index contributed by atoms with van der Waals surface area (Å²) < 4.78 is 0. The van der Waals surface area contributed by atoms with E-state index in [2.05, 4.69) is 69.2 Å². The van der Waals surface area contributed by atoms with Gasteiger partial charge < -0.3 is 10.2 Å². The van der Waals surface area contributed by atoms with Crippen LogP contribution in [0, 0.1) is 6.92 Å². The second-order valence-corrected chi connectivity index (χ2v) is 6.38. The first-order valence-electron chi connectivity index (χ1n) is 8.56. The van der Waals surface area contributed by atoms with Gasteiger partial charge in [-0.1, -0.05) is 49.6 Å². The van der Waals surface area contributed by atoms with E-state index in [4.69, 9.17) is 0 Å². The molecule has 1 N–H and O–H groups in total. The average Bonchev–Trinajstić information content (AvgIpc) is 2.47. The van der Waals surface area contributed by atoms with Gasteiger partial charge in [0.15, 0.2) is 0 Å². The van der Waals surface area contributed by atoms with Crippen molar-refractivity contribution >= 4 is 0 Å². The molecule has 0 fully saturated rings. The Kier molecular flexibility index (Phi) is 8.63. The molecule has 0 saturated heterocycles. The lowest BCUT2D eigenvalue weighted by Gasteiger charge is -2.28. The van der Waals surface area contributed by atoms with Crippen LogP contribution in [0.25, 0.3) is 0 Å². The quantitative estimate of drug-likeness (QED) is 0.636. The number of unbranched alkanes of at least 4 members (excludes halogenated alkanes) is 2. The number of rotatable bonds is 10. The maximum absolute atomic E-state index is 3.47. The van der Waals surface area contributed by atoms with E-state index >= 15 is 0 Å². The van der Waals surface area contributed by atoms with Crippen LogP contribution in [0.5, 0.6) is 0 Å². The van der Waals surface area contributed by atoms with Crippen molar-refractivity contribution in [1.82, 2.24) is 10.2 Å². The van der Waals surface area contributed by atoms with Crippen LogP contribution in [0.15, 0.2) is 24.3 Å². The first-order chi connectivity index (χ1) is 10.1. The summed E-state index contributed by atoms with van der Waals surface area (Å²) >= 11 is 0. The lowest BCUT2D eigenvalue weighted by atomic mass is 10.0. The lowest BCUT2D eigenvalue weighted by Crippen LogP contribution is -2.34. The Morgan fingerprint density at radius 1 is 1.05 bits per heavy atom. The predicted octanol–water partition coefficient (Wildman–Crippen LogP) is 4.55. The molecular weight excluding hydrogens is 256 g/mol. The Morgan fingerprint density at radius 3 is 2.24 bits per heavy atom. The van der Waals surface area contributed by atoms with Gasteiger partial charge in [-0.2, -0.15) is 0 Å². The topological polar surface area (TPSA) is 15.3 Å². The van der Waals surface area contributed by atoms with Gasteiger partial charge in [0.25, 0.3) is 0 Å². The SMILES string of the molecule is CCCCCN(CCC(NC)c1ccc(C)cc1)C(C)C. The fraction of sp³-hybridized carbons (Fsp3) is 0.684. The number of nitrogens with one attached hydrogen (secondary N) is 1. The van der Waals surface area contributed by atoms with Gasteiger partial charge in [-0.3, -0.25) is 0 Å². The maximum Gasteiger partial charge on any atom is 0.0329 e. The zero-order valence-electron chi connectivity index (χ0n) is 14.7. The average molecular weight is 290 g/mol. The molecule has 0 spiro atoms. The van der Waals surface area contributed by atoms with E-state index in [0.29, 0.717) is 12.1 Å². The van der Waals surface area contributed by atoms with Gasteiger partial charge >= 0.3 is 0 Å². The van der Waals surface area contributed by atoms with Crippen LogP contribution < -0.4 is 5.32 Å². The summed E-state index contributed by atoms with van der Waals surface area (Å²) in [6, 6.07) is 10.0. The van der Waals surface area contributed by atoms with Gasteiger partial charge in [0, 0.05) is 18.6 Å². The third-order valence-corrected chi connectivity index (χ3v) is 4.31. The Hall–Kier alpha value is -0.860. The molecule has 0 aromatic heterocycles. The highest BCUT2D eigenvalue weighted by atomic mass is 15.1. The fourth-order valence-corrected chi connectivity index (χ4v) is 2.76. The minimum atomic E-state index is 0.457. The Balaban J connectivity index is 2.53. The molecule has 0 aliphatic rings. The van der Waals surface area contributed by atoms with E-state index in [1.807, 2.05) is 0 Å². The second-order valence-electron chi connectivity index (χ2n) is 6.38.